The summed E-state index contributed by atoms with van der Waals surface area (Å²) < 4.78 is 5.06. The van der Waals surface area contributed by atoms with Crippen LogP contribution in [0.3, 0.4) is 0 Å². The van der Waals surface area contributed by atoms with Crippen LogP contribution in [0.2, 0.25) is 0 Å². The third-order valence-corrected chi connectivity index (χ3v) is 2.57. The standard InChI is InChI=1S/C10H10BNO3/c12-4-7-3-9(11(13)14)1-2-10(7)8-5-15-6-8/h1-3,8,13-14H,5-6H2. The number of benzene rings is 1. The summed E-state index contributed by atoms with van der Waals surface area (Å²) in [6.07, 6.45) is 0. The molecule has 2 rings (SSSR count). The number of hydrogen-bond donors (Lipinski definition) is 2. The predicted octanol–water partition coefficient (Wildman–Crippen LogP) is -0.648. The highest BCUT2D eigenvalue weighted by molar-refractivity contribution is 6.58. The second-order valence-corrected chi connectivity index (χ2v) is 3.57. The zero-order valence-corrected chi connectivity index (χ0v) is 8.05. The lowest BCUT2D eigenvalue weighted by Crippen LogP contribution is -2.31. The molecule has 1 aromatic carbocycles. The number of nitrogens with zero attached hydrogens (tertiary/aromatic N) is 1. The lowest BCUT2D eigenvalue weighted by atomic mass is 9.78. The van der Waals surface area contributed by atoms with Gasteiger partial charge in [0.2, 0.25) is 0 Å². The quantitative estimate of drug-likeness (QED) is 0.626. The Morgan fingerprint density at radius 2 is 2.13 bits per heavy atom. The van der Waals surface area contributed by atoms with Crippen molar-refractivity contribution in [2.45, 2.75) is 5.92 Å². The normalized spacial score (nSPS) is 15.5. The number of rotatable bonds is 2. The second kappa shape index (κ2) is 4.03. The fraction of sp³-hybridized carbons (Fsp3) is 0.300. The molecule has 1 saturated heterocycles. The van der Waals surface area contributed by atoms with Crippen molar-refractivity contribution in [2.24, 2.45) is 0 Å². The van der Waals surface area contributed by atoms with E-state index >= 15 is 0 Å². The largest absolute Gasteiger partial charge is 0.488 e. The minimum absolute atomic E-state index is 0.268. The van der Waals surface area contributed by atoms with E-state index in [9.17, 15) is 0 Å². The molecule has 0 saturated carbocycles. The Morgan fingerprint density at radius 1 is 1.40 bits per heavy atom. The maximum atomic E-state index is 8.97. The van der Waals surface area contributed by atoms with Crippen LogP contribution in [0.4, 0.5) is 0 Å². The molecule has 0 spiro atoms. The molecule has 0 radical (unpaired) electrons. The summed E-state index contributed by atoms with van der Waals surface area (Å²) in [6.45, 7) is 1.27. The molecule has 4 nitrogen and oxygen atoms in total. The van der Waals surface area contributed by atoms with Crippen molar-refractivity contribution >= 4 is 12.6 Å². The second-order valence-electron chi connectivity index (χ2n) is 3.57. The van der Waals surface area contributed by atoms with Gasteiger partial charge in [-0.2, -0.15) is 5.26 Å². The highest BCUT2D eigenvalue weighted by atomic mass is 16.5. The Hall–Kier alpha value is -1.35. The third kappa shape index (κ3) is 1.88. The van der Waals surface area contributed by atoms with Gasteiger partial charge < -0.3 is 14.8 Å². The van der Waals surface area contributed by atoms with Crippen LogP contribution >= 0.6 is 0 Å². The summed E-state index contributed by atoms with van der Waals surface area (Å²) in [5, 5.41) is 26.9. The van der Waals surface area contributed by atoms with E-state index < -0.39 is 7.12 Å². The molecule has 0 aromatic heterocycles. The van der Waals surface area contributed by atoms with E-state index in [1.54, 1.807) is 12.1 Å². The summed E-state index contributed by atoms with van der Waals surface area (Å²) in [7, 11) is -1.52. The topological polar surface area (TPSA) is 73.5 Å². The van der Waals surface area contributed by atoms with Crippen LogP contribution in [0.5, 0.6) is 0 Å². The molecule has 1 aliphatic rings. The molecular weight excluding hydrogens is 193 g/mol. The molecule has 1 fully saturated rings. The van der Waals surface area contributed by atoms with Gasteiger partial charge in [-0.05, 0) is 17.1 Å². The third-order valence-electron chi connectivity index (χ3n) is 2.57. The van der Waals surface area contributed by atoms with E-state index in [1.807, 2.05) is 0 Å². The Bertz CT molecular complexity index is 410. The molecular formula is C10H10BNO3. The van der Waals surface area contributed by atoms with Crippen LogP contribution in [-0.4, -0.2) is 30.4 Å². The zero-order valence-electron chi connectivity index (χ0n) is 8.05. The summed E-state index contributed by atoms with van der Waals surface area (Å²) in [4.78, 5) is 0. The molecule has 1 heterocycles. The summed E-state index contributed by atoms with van der Waals surface area (Å²) in [6, 6.07) is 6.96. The molecule has 0 aliphatic carbocycles. The molecule has 5 heteroatoms. The summed E-state index contributed by atoms with van der Waals surface area (Å²) in [5.41, 5.74) is 1.76. The minimum Gasteiger partial charge on any atom is -0.423 e. The lowest BCUT2D eigenvalue weighted by molar-refractivity contribution is 0.00832. The molecule has 1 aromatic rings. The van der Waals surface area contributed by atoms with Crippen molar-refractivity contribution in [3.8, 4) is 6.07 Å². The van der Waals surface area contributed by atoms with Gasteiger partial charge in [0.25, 0.3) is 0 Å². The Labute approximate surface area is 87.9 Å². The van der Waals surface area contributed by atoms with E-state index in [1.165, 1.54) is 6.07 Å². The van der Waals surface area contributed by atoms with Crippen LogP contribution in [-0.2, 0) is 4.74 Å². The van der Waals surface area contributed by atoms with Gasteiger partial charge in [0.1, 0.15) is 0 Å². The minimum atomic E-state index is -1.52. The summed E-state index contributed by atoms with van der Waals surface area (Å²) in [5.74, 6) is 0.268. The van der Waals surface area contributed by atoms with E-state index in [2.05, 4.69) is 6.07 Å². The molecule has 76 valence electrons. The van der Waals surface area contributed by atoms with Crippen LogP contribution in [0.15, 0.2) is 18.2 Å². The number of nitriles is 1. The maximum Gasteiger partial charge on any atom is 0.488 e. The highest BCUT2D eigenvalue weighted by Crippen LogP contribution is 2.25. The van der Waals surface area contributed by atoms with Crippen molar-refractivity contribution in [1.82, 2.24) is 0 Å². The fourth-order valence-corrected chi connectivity index (χ4v) is 1.60. The lowest BCUT2D eigenvalue weighted by Gasteiger charge is -2.27. The van der Waals surface area contributed by atoms with Gasteiger partial charge in [-0.1, -0.05) is 12.1 Å². The van der Waals surface area contributed by atoms with Crippen molar-refractivity contribution in [2.75, 3.05) is 13.2 Å². The van der Waals surface area contributed by atoms with Gasteiger partial charge in [0.05, 0.1) is 24.8 Å². The van der Waals surface area contributed by atoms with E-state index in [-0.39, 0.29) is 5.92 Å². The molecule has 0 amide bonds. The molecule has 1 aliphatic heterocycles. The van der Waals surface area contributed by atoms with Gasteiger partial charge >= 0.3 is 7.12 Å². The maximum absolute atomic E-state index is 8.97. The van der Waals surface area contributed by atoms with Gasteiger partial charge in [0.15, 0.2) is 0 Å². The first kappa shape index (κ1) is 10.2. The Kier molecular flexibility index (Phi) is 2.74. The first-order chi connectivity index (χ1) is 7.22. The van der Waals surface area contributed by atoms with Crippen LogP contribution in [0.1, 0.15) is 17.0 Å². The smallest absolute Gasteiger partial charge is 0.423 e. The fourth-order valence-electron chi connectivity index (χ4n) is 1.60. The number of hydrogen-bond acceptors (Lipinski definition) is 4. The molecule has 2 N–H and O–H groups in total. The first-order valence-electron chi connectivity index (χ1n) is 4.70. The van der Waals surface area contributed by atoms with Crippen molar-refractivity contribution in [3.63, 3.8) is 0 Å². The first-order valence-corrected chi connectivity index (χ1v) is 4.70. The van der Waals surface area contributed by atoms with E-state index in [0.29, 0.717) is 24.2 Å². The monoisotopic (exact) mass is 203 g/mol. The van der Waals surface area contributed by atoms with Crippen LogP contribution in [0, 0.1) is 11.3 Å². The Morgan fingerprint density at radius 3 is 2.60 bits per heavy atom. The van der Waals surface area contributed by atoms with Crippen LogP contribution in [0.25, 0.3) is 0 Å². The molecule has 0 atom stereocenters. The zero-order chi connectivity index (χ0) is 10.8. The van der Waals surface area contributed by atoms with Crippen LogP contribution < -0.4 is 5.46 Å². The van der Waals surface area contributed by atoms with Gasteiger partial charge in [-0.25, -0.2) is 0 Å². The number of ether oxygens (including phenoxy) is 1. The average molecular weight is 203 g/mol. The molecule has 0 bridgehead atoms. The van der Waals surface area contributed by atoms with Crippen molar-refractivity contribution in [3.05, 3.63) is 29.3 Å². The van der Waals surface area contributed by atoms with Crippen molar-refractivity contribution in [1.29, 1.82) is 5.26 Å². The van der Waals surface area contributed by atoms with E-state index in [0.717, 1.165) is 5.56 Å². The molecule has 15 heavy (non-hydrogen) atoms. The highest BCUT2D eigenvalue weighted by Gasteiger charge is 2.24. The SMILES string of the molecule is N#Cc1cc(B(O)O)ccc1C1COC1. The van der Waals surface area contributed by atoms with Crippen molar-refractivity contribution < 1.29 is 14.8 Å². The summed E-state index contributed by atoms with van der Waals surface area (Å²) >= 11 is 0. The average Bonchev–Trinajstić information content (AvgIpc) is 2.15. The van der Waals surface area contributed by atoms with Gasteiger partial charge in [-0.3, -0.25) is 0 Å². The Balaban J connectivity index is 2.36. The van der Waals surface area contributed by atoms with Gasteiger partial charge in [0, 0.05) is 5.92 Å². The predicted molar refractivity (Wildman–Crippen MR) is 54.5 cm³/mol. The van der Waals surface area contributed by atoms with Gasteiger partial charge in [-0.15, -0.1) is 0 Å². The van der Waals surface area contributed by atoms with E-state index in [4.69, 9.17) is 20.0 Å². The molecule has 0 unspecified atom stereocenters.